The fraction of sp³-hybridized carbons (Fsp3) is 0.412. The molecule has 0 bridgehead atoms. The minimum absolute atomic E-state index is 0.0605. The van der Waals surface area contributed by atoms with E-state index in [1.165, 1.54) is 6.07 Å². The molecule has 0 N–H and O–H groups in total. The first-order valence-electron chi connectivity index (χ1n) is 7.89. The molecule has 0 radical (unpaired) electrons. The summed E-state index contributed by atoms with van der Waals surface area (Å²) in [6.07, 6.45) is 0. The van der Waals surface area contributed by atoms with Crippen LogP contribution in [0, 0.1) is 5.82 Å². The van der Waals surface area contributed by atoms with E-state index < -0.39 is 5.82 Å². The molecule has 1 aromatic carbocycles. The van der Waals surface area contributed by atoms with Gasteiger partial charge in [0.2, 0.25) is 5.96 Å². The highest BCUT2D eigenvalue weighted by Crippen LogP contribution is 2.37. The normalized spacial score (nSPS) is 18.4. The molecule has 1 aromatic rings. The van der Waals surface area contributed by atoms with Gasteiger partial charge in [-0.3, -0.25) is 0 Å². The number of hydrogen-bond donors (Lipinski definition) is 0. The summed E-state index contributed by atoms with van der Waals surface area (Å²) < 4.78 is 13.9. The van der Waals surface area contributed by atoms with Crippen LogP contribution in [-0.4, -0.2) is 59.7 Å². The fourth-order valence-electron chi connectivity index (χ4n) is 2.77. The van der Waals surface area contributed by atoms with Crippen LogP contribution in [0.25, 0.3) is 5.70 Å². The molecule has 7 heteroatoms. The van der Waals surface area contributed by atoms with Gasteiger partial charge in [-0.25, -0.2) is 14.4 Å². The molecule has 128 valence electrons. The molecule has 24 heavy (non-hydrogen) atoms. The summed E-state index contributed by atoms with van der Waals surface area (Å²) in [4.78, 5) is 9.09. The monoisotopic (exact) mass is 349 g/mol. The molecule has 0 spiro atoms. The smallest absolute Gasteiger partial charge is 0.227 e. The lowest BCUT2D eigenvalue weighted by molar-refractivity contribution is 0.204. The van der Waals surface area contributed by atoms with Gasteiger partial charge in [-0.05, 0) is 27.0 Å². The average Bonchev–Trinajstić information content (AvgIpc) is 2.53. The predicted molar refractivity (Wildman–Crippen MR) is 97.2 cm³/mol. The highest BCUT2D eigenvalue weighted by Gasteiger charge is 2.30. The fourth-order valence-corrected chi connectivity index (χ4v) is 2.93. The highest BCUT2D eigenvalue weighted by atomic mass is 35.5. The van der Waals surface area contributed by atoms with Gasteiger partial charge in [-0.2, -0.15) is 5.10 Å². The third kappa shape index (κ3) is 3.16. The second-order valence-electron chi connectivity index (χ2n) is 6.29. The zero-order valence-corrected chi connectivity index (χ0v) is 14.9. The number of benzene rings is 1. The molecule has 0 saturated carbocycles. The van der Waals surface area contributed by atoms with E-state index in [1.54, 1.807) is 11.1 Å². The Hall–Kier alpha value is -1.92. The number of piperazine rings is 1. The standard InChI is InChI=1S/C17H21ClFN5/c1-11(2)21-24-12(3)13-9-14(18)15(19)10-16(13)20-17(24)23-7-5-22(4)6-8-23/h9-10H,3,5-8H2,1-2,4H3. The van der Waals surface area contributed by atoms with Crippen LogP contribution < -0.4 is 0 Å². The van der Waals surface area contributed by atoms with E-state index in [0.717, 1.165) is 31.9 Å². The Kier molecular flexibility index (Phi) is 4.60. The molecule has 5 nitrogen and oxygen atoms in total. The van der Waals surface area contributed by atoms with Crippen molar-refractivity contribution in [1.29, 1.82) is 0 Å². The van der Waals surface area contributed by atoms with Crippen molar-refractivity contribution in [2.45, 2.75) is 13.8 Å². The molecule has 0 aromatic heterocycles. The van der Waals surface area contributed by atoms with E-state index in [4.69, 9.17) is 11.6 Å². The summed E-state index contributed by atoms with van der Waals surface area (Å²) in [7, 11) is 2.09. The lowest BCUT2D eigenvalue weighted by Gasteiger charge is -2.39. The number of hydrogen-bond acceptors (Lipinski definition) is 5. The van der Waals surface area contributed by atoms with Gasteiger partial charge in [0.15, 0.2) is 0 Å². The topological polar surface area (TPSA) is 34.4 Å². The zero-order valence-electron chi connectivity index (χ0n) is 14.2. The maximum Gasteiger partial charge on any atom is 0.227 e. The number of fused-ring (bicyclic) bond motifs is 1. The van der Waals surface area contributed by atoms with E-state index in [2.05, 4.69) is 33.5 Å². The van der Waals surface area contributed by atoms with E-state index >= 15 is 0 Å². The van der Waals surface area contributed by atoms with Gasteiger partial charge in [0, 0.05) is 43.5 Å². The van der Waals surface area contributed by atoms with Crippen LogP contribution in [-0.2, 0) is 0 Å². The number of guanidine groups is 1. The summed E-state index contributed by atoms with van der Waals surface area (Å²) in [5.41, 5.74) is 2.77. The van der Waals surface area contributed by atoms with Crippen LogP contribution in [0.1, 0.15) is 19.4 Å². The number of aliphatic imine (C=N–C) groups is 1. The SMILES string of the molecule is C=C1c2cc(Cl)c(F)cc2N=C(N2CCN(C)CC2)N1N=C(C)C. The van der Waals surface area contributed by atoms with Crippen molar-refractivity contribution < 1.29 is 4.39 Å². The van der Waals surface area contributed by atoms with Crippen molar-refractivity contribution in [3.8, 4) is 0 Å². The Balaban J connectivity index is 2.07. The zero-order chi connectivity index (χ0) is 17.4. The first-order valence-corrected chi connectivity index (χ1v) is 8.27. The number of nitrogens with zero attached hydrogens (tertiary/aromatic N) is 5. The molecule has 0 amide bonds. The second-order valence-corrected chi connectivity index (χ2v) is 6.70. The number of hydrazone groups is 1. The van der Waals surface area contributed by atoms with E-state index in [1.807, 2.05) is 13.8 Å². The maximum absolute atomic E-state index is 13.9. The molecule has 1 fully saturated rings. The van der Waals surface area contributed by atoms with Crippen molar-refractivity contribution in [1.82, 2.24) is 14.8 Å². The van der Waals surface area contributed by atoms with Crippen LogP contribution in [0.15, 0.2) is 28.8 Å². The molecular weight excluding hydrogens is 329 g/mol. The lowest BCUT2D eigenvalue weighted by atomic mass is 10.1. The Morgan fingerprint density at radius 1 is 1.25 bits per heavy atom. The molecule has 1 saturated heterocycles. The molecule has 0 unspecified atom stereocenters. The number of rotatable bonds is 1. The molecule has 3 rings (SSSR count). The van der Waals surface area contributed by atoms with Gasteiger partial charge in [0.1, 0.15) is 5.82 Å². The third-order valence-electron chi connectivity index (χ3n) is 4.10. The van der Waals surface area contributed by atoms with Crippen LogP contribution in [0.2, 0.25) is 5.02 Å². The quantitative estimate of drug-likeness (QED) is 0.729. The summed E-state index contributed by atoms with van der Waals surface area (Å²) >= 11 is 5.93. The molecule has 2 aliphatic heterocycles. The van der Waals surface area contributed by atoms with Crippen LogP contribution >= 0.6 is 11.6 Å². The lowest BCUT2D eigenvalue weighted by Crippen LogP contribution is -2.51. The average molecular weight is 350 g/mol. The number of likely N-dealkylation sites (N-methyl/N-ethyl adjacent to an activating group) is 1. The van der Waals surface area contributed by atoms with Gasteiger partial charge >= 0.3 is 0 Å². The summed E-state index contributed by atoms with van der Waals surface area (Å²) in [6.45, 7) is 11.5. The van der Waals surface area contributed by atoms with Gasteiger partial charge in [0.05, 0.1) is 16.4 Å². The summed E-state index contributed by atoms with van der Waals surface area (Å²) in [6, 6.07) is 2.92. The van der Waals surface area contributed by atoms with Gasteiger partial charge in [0.25, 0.3) is 0 Å². The Bertz CT molecular complexity index is 731. The predicted octanol–water partition coefficient (Wildman–Crippen LogP) is 3.40. The first-order chi connectivity index (χ1) is 11.4. The van der Waals surface area contributed by atoms with Crippen LogP contribution in [0.5, 0.6) is 0 Å². The highest BCUT2D eigenvalue weighted by molar-refractivity contribution is 6.31. The van der Waals surface area contributed by atoms with Crippen molar-refractivity contribution in [2.24, 2.45) is 10.1 Å². The Morgan fingerprint density at radius 3 is 2.54 bits per heavy atom. The van der Waals surface area contributed by atoms with Crippen molar-refractivity contribution >= 4 is 34.7 Å². The molecule has 2 aliphatic rings. The largest absolute Gasteiger partial charge is 0.338 e. The summed E-state index contributed by atoms with van der Waals surface area (Å²) in [5, 5.41) is 6.37. The van der Waals surface area contributed by atoms with E-state index in [0.29, 0.717) is 22.9 Å². The minimum Gasteiger partial charge on any atom is -0.338 e. The van der Waals surface area contributed by atoms with Gasteiger partial charge in [-0.1, -0.05) is 18.2 Å². The van der Waals surface area contributed by atoms with Crippen molar-refractivity contribution in [3.05, 3.63) is 35.1 Å². The van der Waals surface area contributed by atoms with Gasteiger partial charge in [-0.15, -0.1) is 0 Å². The van der Waals surface area contributed by atoms with E-state index in [-0.39, 0.29) is 5.02 Å². The molecule has 0 aliphatic carbocycles. The number of halogens is 2. The summed E-state index contributed by atoms with van der Waals surface area (Å²) in [5.74, 6) is 0.205. The minimum atomic E-state index is -0.478. The van der Waals surface area contributed by atoms with Crippen LogP contribution in [0.3, 0.4) is 0 Å². The van der Waals surface area contributed by atoms with Crippen molar-refractivity contribution in [3.63, 3.8) is 0 Å². The van der Waals surface area contributed by atoms with Crippen molar-refractivity contribution in [2.75, 3.05) is 33.2 Å². The molecular formula is C17H21ClFN5. The molecule has 2 heterocycles. The van der Waals surface area contributed by atoms with E-state index in [9.17, 15) is 4.39 Å². The molecule has 0 atom stereocenters. The Labute approximate surface area is 146 Å². The van der Waals surface area contributed by atoms with Crippen LogP contribution in [0.4, 0.5) is 10.1 Å². The van der Waals surface area contributed by atoms with Gasteiger partial charge < -0.3 is 9.80 Å². The Morgan fingerprint density at radius 2 is 1.92 bits per heavy atom. The maximum atomic E-state index is 13.9. The third-order valence-corrected chi connectivity index (χ3v) is 4.39. The second kappa shape index (κ2) is 6.53. The first kappa shape index (κ1) is 16.9.